The van der Waals surface area contributed by atoms with Gasteiger partial charge in [0.25, 0.3) is 10.0 Å². The van der Waals surface area contributed by atoms with Crippen LogP contribution in [0.4, 0.5) is 5.69 Å². The van der Waals surface area contributed by atoms with Crippen molar-refractivity contribution in [1.29, 1.82) is 0 Å². The molecule has 1 heterocycles. The minimum Gasteiger partial charge on any atom is -0.399 e. The molecule has 2 aromatic carbocycles. The van der Waals surface area contributed by atoms with Crippen molar-refractivity contribution in [2.45, 2.75) is 4.90 Å². The Bertz CT molecular complexity index is 841. The van der Waals surface area contributed by atoms with Gasteiger partial charge in [-0.3, -0.25) is 0 Å². The van der Waals surface area contributed by atoms with E-state index in [-0.39, 0.29) is 4.90 Å². The third-order valence-corrected chi connectivity index (χ3v) is 4.30. The lowest BCUT2D eigenvalue weighted by molar-refractivity contribution is 0.579. The molecule has 0 spiro atoms. The number of anilines is 1. The van der Waals surface area contributed by atoms with Gasteiger partial charge in [-0.2, -0.15) is 8.42 Å². The third kappa shape index (κ3) is 1.84. The number of fused-ring (bicyclic) bond motifs is 1. The van der Waals surface area contributed by atoms with E-state index in [0.29, 0.717) is 16.7 Å². The molecule has 0 aliphatic rings. The van der Waals surface area contributed by atoms with Crippen LogP contribution in [-0.4, -0.2) is 22.8 Å². The maximum Gasteiger partial charge on any atom is 0.284 e. The minimum atomic E-state index is -3.73. The van der Waals surface area contributed by atoms with Crippen molar-refractivity contribution in [2.75, 3.05) is 5.73 Å². The standard InChI is InChI=1S/C12H10N4O2S/c13-9-6-7-12-11(8-9)14-15-16(12)19(17,18)10-4-2-1-3-5-10/h1-8H,13H2. The predicted molar refractivity (Wildman–Crippen MR) is 71.0 cm³/mol. The molecule has 19 heavy (non-hydrogen) atoms. The van der Waals surface area contributed by atoms with Gasteiger partial charge in [-0.1, -0.05) is 23.4 Å². The zero-order chi connectivity index (χ0) is 13.5. The number of hydrogen-bond donors (Lipinski definition) is 1. The smallest absolute Gasteiger partial charge is 0.284 e. The molecule has 3 rings (SSSR count). The summed E-state index contributed by atoms with van der Waals surface area (Å²) in [7, 11) is -3.73. The van der Waals surface area contributed by atoms with Crippen LogP contribution in [0, 0.1) is 0 Å². The normalized spacial score (nSPS) is 11.8. The van der Waals surface area contributed by atoms with Gasteiger partial charge in [-0.25, -0.2) is 0 Å². The Labute approximate surface area is 109 Å². The maximum absolute atomic E-state index is 12.4. The second-order valence-electron chi connectivity index (χ2n) is 4.00. The molecule has 6 nitrogen and oxygen atoms in total. The molecule has 0 aliphatic heterocycles. The van der Waals surface area contributed by atoms with Crippen molar-refractivity contribution in [1.82, 2.24) is 14.4 Å². The predicted octanol–water partition coefficient (Wildman–Crippen LogP) is 1.25. The van der Waals surface area contributed by atoms with E-state index in [0.717, 1.165) is 4.09 Å². The Morgan fingerprint density at radius 3 is 2.53 bits per heavy atom. The SMILES string of the molecule is Nc1ccc2c(c1)nnn2S(=O)(=O)c1ccccc1. The first-order valence-electron chi connectivity index (χ1n) is 5.50. The Kier molecular flexibility index (Phi) is 2.49. The first-order chi connectivity index (χ1) is 9.09. The molecule has 0 saturated heterocycles. The molecule has 1 aromatic heterocycles. The van der Waals surface area contributed by atoms with Crippen molar-refractivity contribution in [2.24, 2.45) is 0 Å². The third-order valence-electron chi connectivity index (χ3n) is 2.71. The molecule has 0 fully saturated rings. The first-order valence-corrected chi connectivity index (χ1v) is 6.94. The van der Waals surface area contributed by atoms with Crippen LogP contribution in [0.15, 0.2) is 53.4 Å². The average Bonchev–Trinajstić information content (AvgIpc) is 2.83. The molecule has 0 radical (unpaired) electrons. The van der Waals surface area contributed by atoms with E-state index in [1.54, 1.807) is 36.4 Å². The van der Waals surface area contributed by atoms with Crippen LogP contribution < -0.4 is 5.73 Å². The Morgan fingerprint density at radius 2 is 1.79 bits per heavy atom. The number of nitrogens with two attached hydrogens (primary N) is 1. The van der Waals surface area contributed by atoms with Crippen LogP contribution in [0.1, 0.15) is 0 Å². The molecule has 0 bridgehead atoms. The average molecular weight is 274 g/mol. The summed E-state index contributed by atoms with van der Waals surface area (Å²) in [5, 5.41) is 7.53. The number of benzene rings is 2. The van der Waals surface area contributed by atoms with Gasteiger partial charge in [0.15, 0.2) is 0 Å². The van der Waals surface area contributed by atoms with E-state index in [4.69, 9.17) is 5.73 Å². The molecule has 0 saturated carbocycles. The second kappa shape index (κ2) is 4.06. The molecular formula is C12H10N4O2S. The van der Waals surface area contributed by atoms with E-state index in [9.17, 15) is 8.42 Å². The van der Waals surface area contributed by atoms with Gasteiger partial charge in [0.05, 0.1) is 4.90 Å². The van der Waals surface area contributed by atoms with Crippen molar-refractivity contribution < 1.29 is 8.42 Å². The molecule has 2 N–H and O–H groups in total. The van der Waals surface area contributed by atoms with Gasteiger partial charge in [0.1, 0.15) is 11.0 Å². The fourth-order valence-corrected chi connectivity index (χ4v) is 3.04. The zero-order valence-corrected chi connectivity index (χ0v) is 10.6. The van der Waals surface area contributed by atoms with E-state index < -0.39 is 10.0 Å². The summed E-state index contributed by atoms with van der Waals surface area (Å²) in [5.74, 6) is 0. The molecule has 96 valence electrons. The zero-order valence-electron chi connectivity index (χ0n) is 9.76. The van der Waals surface area contributed by atoms with E-state index in [1.165, 1.54) is 12.1 Å². The number of nitrogen functional groups attached to an aromatic ring is 1. The molecule has 0 aliphatic carbocycles. The van der Waals surface area contributed by atoms with Crippen LogP contribution in [0.3, 0.4) is 0 Å². The number of rotatable bonds is 2. The van der Waals surface area contributed by atoms with Gasteiger partial charge >= 0.3 is 0 Å². The van der Waals surface area contributed by atoms with E-state index >= 15 is 0 Å². The number of nitrogens with zero attached hydrogens (tertiary/aromatic N) is 3. The van der Waals surface area contributed by atoms with Crippen molar-refractivity contribution in [3.05, 3.63) is 48.5 Å². The highest BCUT2D eigenvalue weighted by atomic mass is 32.2. The molecular weight excluding hydrogens is 264 g/mol. The highest BCUT2D eigenvalue weighted by Crippen LogP contribution is 2.19. The van der Waals surface area contributed by atoms with Crippen molar-refractivity contribution in [3.8, 4) is 0 Å². The van der Waals surface area contributed by atoms with Gasteiger partial charge < -0.3 is 5.73 Å². The Morgan fingerprint density at radius 1 is 1.05 bits per heavy atom. The monoisotopic (exact) mass is 274 g/mol. The van der Waals surface area contributed by atoms with Crippen LogP contribution in [0.5, 0.6) is 0 Å². The molecule has 0 atom stereocenters. The van der Waals surface area contributed by atoms with Gasteiger partial charge in [-0.15, -0.1) is 9.19 Å². The van der Waals surface area contributed by atoms with Crippen molar-refractivity contribution in [3.63, 3.8) is 0 Å². The summed E-state index contributed by atoms with van der Waals surface area (Å²) in [6, 6.07) is 12.9. The summed E-state index contributed by atoms with van der Waals surface area (Å²) >= 11 is 0. The summed E-state index contributed by atoms with van der Waals surface area (Å²) in [6.45, 7) is 0. The van der Waals surface area contributed by atoms with Crippen LogP contribution in [0.2, 0.25) is 0 Å². The molecule has 0 unspecified atom stereocenters. The highest BCUT2D eigenvalue weighted by Gasteiger charge is 2.20. The quantitative estimate of drug-likeness (QED) is 0.710. The largest absolute Gasteiger partial charge is 0.399 e. The fraction of sp³-hybridized carbons (Fsp3) is 0. The van der Waals surface area contributed by atoms with E-state index in [1.807, 2.05) is 0 Å². The van der Waals surface area contributed by atoms with Crippen LogP contribution in [0.25, 0.3) is 11.0 Å². The lowest BCUT2D eigenvalue weighted by atomic mass is 10.3. The van der Waals surface area contributed by atoms with Gasteiger partial charge in [0, 0.05) is 5.69 Å². The number of aromatic nitrogens is 3. The Hall–Kier alpha value is -2.41. The second-order valence-corrected chi connectivity index (χ2v) is 5.77. The summed E-state index contributed by atoms with van der Waals surface area (Å²) < 4.78 is 25.8. The molecule has 7 heteroatoms. The van der Waals surface area contributed by atoms with Gasteiger partial charge in [0.2, 0.25) is 0 Å². The summed E-state index contributed by atoms with van der Waals surface area (Å²) in [5.41, 5.74) is 6.98. The molecule has 0 amide bonds. The van der Waals surface area contributed by atoms with Crippen molar-refractivity contribution >= 4 is 26.7 Å². The van der Waals surface area contributed by atoms with Gasteiger partial charge in [-0.05, 0) is 30.3 Å². The fourth-order valence-electron chi connectivity index (χ4n) is 1.79. The van der Waals surface area contributed by atoms with Crippen LogP contribution in [-0.2, 0) is 10.0 Å². The lowest BCUT2D eigenvalue weighted by Crippen LogP contribution is -2.14. The topological polar surface area (TPSA) is 90.9 Å². The first kappa shape index (κ1) is 11.7. The maximum atomic E-state index is 12.4. The summed E-state index contributed by atoms with van der Waals surface area (Å²) in [6.07, 6.45) is 0. The Balaban J connectivity index is 2.25. The van der Waals surface area contributed by atoms with Crippen LogP contribution >= 0.6 is 0 Å². The lowest BCUT2D eigenvalue weighted by Gasteiger charge is -2.04. The highest BCUT2D eigenvalue weighted by molar-refractivity contribution is 7.90. The molecule has 3 aromatic rings. The number of hydrogen-bond acceptors (Lipinski definition) is 5. The summed E-state index contributed by atoms with van der Waals surface area (Å²) in [4.78, 5) is 0.165. The van der Waals surface area contributed by atoms with E-state index in [2.05, 4.69) is 10.3 Å². The minimum absolute atomic E-state index is 0.165.